The minimum atomic E-state index is -0.683. The molecule has 4 atom stereocenters. The van der Waals surface area contributed by atoms with Gasteiger partial charge in [0.05, 0.1) is 12.1 Å². The molecule has 2 heterocycles. The van der Waals surface area contributed by atoms with Crippen LogP contribution >= 0.6 is 0 Å². The van der Waals surface area contributed by atoms with Crippen LogP contribution in [0.5, 0.6) is 0 Å². The van der Waals surface area contributed by atoms with Crippen molar-refractivity contribution in [2.24, 2.45) is 5.92 Å². The van der Waals surface area contributed by atoms with Gasteiger partial charge in [0, 0.05) is 19.0 Å². The Balaban J connectivity index is 1.25. The third-order valence-corrected chi connectivity index (χ3v) is 7.76. The van der Waals surface area contributed by atoms with Gasteiger partial charge in [0.15, 0.2) is 6.10 Å². The number of hydrogen-bond acceptors (Lipinski definition) is 4. The number of nitrogens with one attached hydrogen (secondary N) is 1. The standard InChI is InChI=1S/C29H35N3O4/c33-25(30-18-9-14-21-10-3-1-4-11-21)20-32-26-23-15-7-8-16-24(23)36-27(26)28(34)31(29(32)35)19-17-22-12-5-2-6-13-22/h1-6,10-13,23-24,26-27H,7-9,14-20H2,(H,30,33). The van der Waals surface area contributed by atoms with E-state index in [4.69, 9.17) is 4.74 Å². The second-order valence-corrected chi connectivity index (χ2v) is 10.1. The summed E-state index contributed by atoms with van der Waals surface area (Å²) in [7, 11) is 0. The van der Waals surface area contributed by atoms with Crippen LogP contribution in [0.1, 0.15) is 43.2 Å². The Labute approximate surface area is 212 Å². The molecule has 4 amide bonds. The van der Waals surface area contributed by atoms with Gasteiger partial charge in [-0.1, -0.05) is 73.5 Å². The Morgan fingerprint density at radius 2 is 1.58 bits per heavy atom. The summed E-state index contributed by atoms with van der Waals surface area (Å²) in [6.07, 6.45) is 5.54. The van der Waals surface area contributed by atoms with Crippen LogP contribution < -0.4 is 5.32 Å². The van der Waals surface area contributed by atoms with Crippen LogP contribution in [0.2, 0.25) is 0 Å². The van der Waals surface area contributed by atoms with Crippen molar-refractivity contribution in [2.45, 2.75) is 63.2 Å². The summed E-state index contributed by atoms with van der Waals surface area (Å²) < 4.78 is 6.25. The second-order valence-electron chi connectivity index (χ2n) is 10.1. The number of hydrogen-bond donors (Lipinski definition) is 1. The number of amides is 4. The van der Waals surface area contributed by atoms with Gasteiger partial charge in [-0.05, 0) is 43.2 Å². The number of rotatable bonds is 9. The number of urea groups is 1. The number of imide groups is 1. The zero-order valence-corrected chi connectivity index (χ0v) is 20.7. The first-order valence-corrected chi connectivity index (χ1v) is 13.2. The molecule has 7 heteroatoms. The van der Waals surface area contributed by atoms with E-state index in [0.717, 1.165) is 44.1 Å². The van der Waals surface area contributed by atoms with Crippen LogP contribution in [0.25, 0.3) is 0 Å². The third-order valence-electron chi connectivity index (χ3n) is 7.76. The summed E-state index contributed by atoms with van der Waals surface area (Å²) in [5, 5.41) is 2.98. The van der Waals surface area contributed by atoms with Gasteiger partial charge in [-0.25, -0.2) is 4.79 Å². The van der Waals surface area contributed by atoms with E-state index < -0.39 is 6.10 Å². The number of fused-ring (bicyclic) bond motifs is 3. The quantitative estimate of drug-likeness (QED) is 0.547. The largest absolute Gasteiger partial charge is 0.363 e. The fourth-order valence-corrected chi connectivity index (χ4v) is 5.95. The molecule has 5 rings (SSSR count). The minimum Gasteiger partial charge on any atom is -0.363 e. The highest BCUT2D eigenvalue weighted by Gasteiger charge is 2.57. The van der Waals surface area contributed by atoms with Crippen molar-refractivity contribution in [1.82, 2.24) is 15.1 Å². The average Bonchev–Trinajstić information content (AvgIpc) is 3.30. The van der Waals surface area contributed by atoms with E-state index in [9.17, 15) is 14.4 Å². The van der Waals surface area contributed by atoms with Gasteiger partial charge in [-0.15, -0.1) is 0 Å². The summed E-state index contributed by atoms with van der Waals surface area (Å²) in [4.78, 5) is 42.9. The number of benzene rings is 2. The molecule has 0 bridgehead atoms. The fourth-order valence-electron chi connectivity index (χ4n) is 5.95. The monoisotopic (exact) mass is 489 g/mol. The maximum atomic E-state index is 13.6. The van der Waals surface area contributed by atoms with Crippen LogP contribution in [0.4, 0.5) is 4.79 Å². The molecular weight excluding hydrogens is 454 g/mol. The smallest absolute Gasteiger partial charge is 0.327 e. The maximum Gasteiger partial charge on any atom is 0.327 e. The first-order valence-electron chi connectivity index (χ1n) is 13.2. The molecule has 190 valence electrons. The van der Waals surface area contributed by atoms with Gasteiger partial charge >= 0.3 is 6.03 Å². The summed E-state index contributed by atoms with van der Waals surface area (Å²) in [6.45, 7) is 0.773. The summed E-state index contributed by atoms with van der Waals surface area (Å²) in [5.74, 6) is -0.333. The second kappa shape index (κ2) is 11.2. The summed E-state index contributed by atoms with van der Waals surface area (Å²) in [5.41, 5.74) is 2.30. The molecule has 0 radical (unpaired) electrons. The third kappa shape index (κ3) is 5.31. The van der Waals surface area contributed by atoms with Crippen molar-refractivity contribution in [1.29, 1.82) is 0 Å². The Hall–Kier alpha value is -3.19. The number of nitrogens with zero attached hydrogens (tertiary/aromatic N) is 2. The Kier molecular flexibility index (Phi) is 7.66. The summed E-state index contributed by atoms with van der Waals surface area (Å²) >= 11 is 0. The predicted octanol–water partition coefficient (Wildman–Crippen LogP) is 3.57. The number of carbonyl (C=O) groups excluding carboxylic acids is 3. The molecule has 1 aliphatic carbocycles. The molecule has 4 unspecified atom stereocenters. The van der Waals surface area contributed by atoms with Crippen LogP contribution in [0, 0.1) is 5.92 Å². The minimum absolute atomic E-state index is 0.0176. The summed E-state index contributed by atoms with van der Waals surface area (Å²) in [6, 6.07) is 19.3. The molecule has 3 aliphatic rings. The van der Waals surface area contributed by atoms with Gasteiger partial charge < -0.3 is 15.0 Å². The maximum absolute atomic E-state index is 13.6. The van der Waals surface area contributed by atoms with Gasteiger partial charge in [0.25, 0.3) is 5.91 Å². The van der Waals surface area contributed by atoms with E-state index in [1.165, 1.54) is 10.5 Å². The Morgan fingerprint density at radius 1 is 0.917 bits per heavy atom. The van der Waals surface area contributed by atoms with Crippen LogP contribution in [-0.2, 0) is 27.2 Å². The van der Waals surface area contributed by atoms with E-state index in [2.05, 4.69) is 17.4 Å². The van der Waals surface area contributed by atoms with Crippen molar-refractivity contribution >= 4 is 17.8 Å². The molecule has 3 fully saturated rings. The van der Waals surface area contributed by atoms with Crippen LogP contribution in [-0.4, -0.2) is 65.5 Å². The molecule has 2 aromatic rings. The highest BCUT2D eigenvalue weighted by Crippen LogP contribution is 2.42. The fraction of sp³-hybridized carbons (Fsp3) is 0.483. The molecule has 1 saturated carbocycles. The van der Waals surface area contributed by atoms with Crippen molar-refractivity contribution in [2.75, 3.05) is 19.6 Å². The number of aryl methyl sites for hydroxylation is 1. The van der Waals surface area contributed by atoms with Crippen molar-refractivity contribution in [3.8, 4) is 0 Å². The zero-order chi connectivity index (χ0) is 24.9. The van der Waals surface area contributed by atoms with Crippen molar-refractivity contribution in [3.63, 3.8) is 0 Å². The van der Waals surface area contributed by atoms with E-state index in [1.807, 2.05) is 48.5 Å². The topological polar surface area (TPSA) is 79.0 Å². The molecule has 36 heavy (non-hydrogen) atoms. The lowest BCUT2D eigenvalue weighted by Crippen LogP contribution is -2.65. The average molecular weight is 490 g/mol. The van der Waals surface area contributed by atoms with E-state index in [0.29, 0.717) is 13.0 Å². The van der Waals surface area contributed by atoms with Crippen molar-refractivity contribution in [3.05, 3.63) is 71.8 Å². The molecule has 0 aromatic heterocycles. The van der Waals surface area contributed by atoms with E-state index in [1.54, 1.807) is 4.90 Å². The molecule has 2 saturated heterocycles. The van der Waals surface area contributed by atoms with Gasteiger partial charge in [0.1, 0.15) is 6.54 Å². The molecule has 0 spiro atoms. The lowest BCUT2D eigenvalue weighted by atomic mass is 9.81. The van der Waals surface area contributed by atoms with E-state index in [-0.39, 0.29) is 49.0 Å². The first kappa shape index (κ1) is 24.5. The highest BCUT2D eigenvalue weighted by molar-refractivity contribution is 6.01. The van der Waals surface area contributed by atoms with Gasteiger partial charge in [-0.2, -0.15) is 0 Å². The van der Waals surface area contributed by atoms with Gasteiger partial charge in [-0.3, -0.25) is 14.5 Å². The Morgan fingerprint density at radius 3 is 2.31 bits per heavy atom. The first-order chi connectivity index (χ1) is 17.6. The molecule has 7 nitrogen and oxygen atoms in total. The SMILES string of the molecule is O=C(CN1C(=O)N(CCc2ccccc2)C(=O)C2OC3CCCCC3C21)NCCCc1ccccc1. The van der Waals surface area contributed by atoms with Crippen molar-refractivity contribution < 1.29 is 19.1 Å². The number of ether oxygens (including phenoxy) is 1. The molecule has 2 aromatic carbocycles. The molecule has 2 aliphatic heterocycles. The normalized spacial score (nSPS) is 25.4. The lowest BCUT2D eigenvalue weighted by molar-refractivity contribution is -0.147. The molecular formula is C29H35N3O4. The van der Waals surface area contributed by atoms with Crippen LogP contribution in [0.3, 0.4) is 0 Å². The Bertz CT molecular complexity index is 1060. The number of carbonyl (C=O) groups is 3. The molecule has 1 N–H and O–H groups in total. The van der Waals surface area contributed by atoms with E-state index >= 15 is 0 Å². The highest BCUT2D eigenvalue weighted by atomic mass is 16.5. The predicted molar refractivity (Wildman–Crippen MR) is 136 cm³/mol. The van der Waals surface area contributed by atoms with Crippen LogP contribution in [0.15, 0.2) is 60.7 Å². The lowest BCUT2D eigenvalue weighted by Gasteiger charge is -2.43. The zero-order valence-electron chi connectivity index (χ0n) is 20.7. The van der Waals surface area contributed by atoms with Gasteiger partial charge in [0.2, 0.25) is 5.91 Å².